The van der Waals surface area contributed by atoms with Crippen LogP contribution < -0.4 is 0 Å². The molecule has 2 heterocycles. The number of aliphatic hydroxyl groups excluding tert-OH is 11. The molecule has 0 saturated carbocycles. The number of carbonyl (C=O) groups is 7. The molecule has 138 heavy (non-hydrogen) atoms. The number of cyclic esters (lactones) is 2. The van der Waals surface area contributed by atoms with Gasteiger partial charge in [-0.1, -0.05) is 174 Å². The molecule has 0 bridgehead atoms. The number of ether oxygens (including phenoxy) is 9. The van der Waals surface area contributed by atoms with Gasteiger partial charge in [0.25, 0.3) is 0 Å². The Hall–Kier alpha value is -6.91. The molecular weight excluding hydrogens is 1770 g/mol. The molecular formula is C109H170O29. The number of carboxylic acid groups (broad SMARTS) is 2. The number of aliphatic carboxylic acids is 2. The van der Waals surface area contributed by atoms with E-state index in [4.69, 9.17) is 52.8 Å². The summed E-state index contributed by atoms with van der Waals surface area (Å²) >= 11 is 0. The molecule has 0 amide bonds. The Kier molecular flexibility index (Phi) is 48.0. The molecule has 0 aromatic rings. The zero-order chi connectivity index (χ0) is 102. The first kappa shape index (κ1) is 116. The number of methoxy groups -OCH3 is 4. The highest BCUT2D eigenvalue weighted by molar-refractivity contribution is 5.74. The minimum absolute atomic E-state index is 0.0110. The van der Waals surface area contributed by atoms with Crippen LogP contribution in [0.1, 0.15) is 263 Å². The topological polar surface area (TPSA) is 466 Å². The highest BCUT2D eigenvalue weighted by Gasteiger charge is 2.49. The third kappa shape index (κ3) is 34.7. The summed E-state index contributed by atoms with van der Waals surface area (Å²) in [5.74, 6) is -0.225. The summed E-state index contributed by atoms with van der Waals surface area (Å²) in [6.07, 6.45) is 36.1. The molecule has 29 heteroatoms. The highest BCUT2D eigenvalue weighted by atomic mass is 16.6. The van der Waals surface area contributed by atoms with Crippen LogP contribution in [-0.2, 0) is 76.2 Å². The number of hydrogen-bond donors (Lipinski definition) is 13. The van der Waals surface area contributed by atoms with E-state index in [0.29, 0.717) is 119 Å². The van der Waals surface area contributed by atoms with E-state index in [1.807, 2.05) is 66.7 Å². The molecule has 780 valence electrons. The predicted molar refractivity (Wildman–Crippen MR) is 520 cm³/mol. The lowest BCUT2D eigenvalue weighted by molar-refractivity contribution is -0.163. The zero-order valence-electron chi connectivity index (χ0n) is 84.7. The molecule has 12 aliphatic rings. The van der Waals surface area contributed by atoms with Gasteiger partial charge >= 0.3 is 41.8 Å². The first-order chi connectivity index (χ1) is 65.5. The molecule has 10 aliphatic carbocycles. The van der Waals surface area contributed by atoms with Crippen molar-refractivity contribution in [2.75, 3.05) is 28.4 Å². The van der Waals surface area contributed by atoms with E-state index in [-0.39, 0.29) is 200 Å². The molecule has 2 aliphatic heterocycles. The number of allylic oxidation sites excluding steroid dienone is 10. The van der Waals surface area contributed by atoms with Crippen molar-refractivity contribution in [1.82, 2.24) is 0 Å². The first-order valence-electron chi connectivity index (χ1n) is 51.6. The monoisotopic (exact) mass is 1940 g/mol. The number of aliphatic hydroxyl groups is 11. The fourth-order valence-electron chi connectivity index (χ4n) is 22.8. The van der Waals surface area contributed by atoms with Gasteiger partial charge in [-0.25, -0.2) is 0 Å². The SMILES string of the molecule is CC[C@H](C)C(=O)O[C@H]1C[C@H](OC)C=C2C=C[C@H](C)[C@H](CC[C@@H](O)C[C@@H](O)CC(=O)O)[C@H]21.CC[C@H](C)C(=O)O[C@H]1C[C@H](OC)C=C2C=C[C@H](C)[C@H](CC[C@@H]3C[C@@H](O)CC(=O)O3)[C@H]21.CC[C@H](O)C[C@@H](O)CC[C@@H]1[C@@H]2C(=C[C@@H](O)C[C@@H]2OC(=O)[C@@H](C)CC)C=C[C@@H]1C.CO[C@H]1C[C@H](O)C=C2C=C[C@H](C)[C@H](CC[C@@H](O)C[C@@H](O)CC(=O)O)C21.CO[C@H]1C[C@H](O)C=C2C=C[C@H](C)[C@H](CC[C@@H]3C[C@@H](O)CC(=O)O3)[C@H]21. The van der Waals surface area contributed by atoms with E-state index in [9.17, 15) is 89.7 Å². The van der Waals surface area contributed by atoms with E-state index < -0.39 is 79.1 Å². The van der Waals surface area contributed by atoms with Crippen LogP contribution >= 0.6 is 0 Å². The summed E-state index contributed by atoms with van der Waals surface area (Å²) in [5.41, 5.74) is 5.55. The third-order valence-corrected chi connectivity index (χ3v) is 31.4. The Bertz CT molecular complexity index is 4160. The van der Waals surface area contributed by atoms with Crippen molar-refractivity contribution in [2.24, 2.45) is 107 Å². The van der Waals surface area contributed by atoms with Crippen molar-refractivity contribution in [3.63, 3.8) is 0 Å². The van der Waals surface area contributed by atoms with E-state index in [2.05, 4.69) is 108 Å². The fourth-order valence-corrected chi connectivity index (χ4v) is 22.8. The van der Waals surface area contributed by atoms with Gasteiger partial charge in [-0.2, -0.15) is 0 Å². The van der Waals surface area contributed by atoms with Crippen molar-refractivity contribution in [2.45, 2.75) is 385 Å². The minimum atomic E-state index is -1.08. The van der Waals surface area contributed by atoms with Crippen molar-refractivity contribution in [1.29, 1.82) is 0 Å². The smallest absolute Gasteiger partial charge is 0.308 e. The highest BCUT2D eigenvalue weighted by Crippen LogP contribution is 2.51. The molecule has 1 unspecified atom stereocenters. The Balaban J connectivity index is 0.000000212. The van der Waals surface area contributed by atoms with Gasteiger partial charge in [-0.05, 0) is 196 Å². The second kappa shape index (κ2) is 57.0. The normalized spacial score (nSPS) is 35.1. The van der Waals surface area contributed by atoms with Crippen LogP contribution in [0.3, 0.4) is 0 Å². The minimum Gasteiger partial charge on any atom is -0.481 e. The van der Waals surface area contributed by atoms with Gasteiger partial charge in [-0.15, -0.1) is 0 Å². The molecule has 2 fully saturated rings. The van der Waals surface area contributed by atoms with Gasteiger partial charge in [-0.3, -0.25) is 33.6 Å². The van der Waals surface area contributed by atoms with Gasteiger partial charge in [0.1, 0.15) is 30.5 Å². The molecule has 12 rings (SSSR count). The van der Waals surface area contributed by atoms with Crippen LogP contribution in [0.4, 0.5) is 0 Å². The summed E-state index contributed by atoms with van der Waals surface area (Å²) in [5, 5.41) is 127. The van der Waals surface area contributed by atoms with Gasteiger partial charge in [0.15, 0.2) is 0 Å². The number of fused-ring (bicyclic) bond motifs is 5. The molecule has 0 spiro atoms. The molecule has 13 N–H and O–H groups in total. The van der Waals surface area contributed by atoms with E-state index >= 15 is 0 Å². The number of rotatable bonds is 39. The largest absolute Gasteiger partial charge is 0.481 e. The molecule has 29 nitrogen and oxygen atoms in total. The molecule has 2 saturated heterocycles. The van der Waals surface area contributed by atoms with Gasteiger partial charge in [0, 0.05) is 103 Å². The first-order valence-corrected chi connectivity index (χ1v) is 51.6. The summed E-state index contributed by atoms with van der Waals surface area (Å²) in [6.45, 7) is 24.3. The van der Waals surface area contributed by atoms with Crippen molar-refractivity contribution in [3.8, 4) is 0 Å². The van der Waals surface area contributed by atoms with Crippen LogP contribution in [-0.4, -0.2) is 259 Å². The van der Waals surface area contributed by atoms with Crippen molar-refractivity contribution < 1.29 is 143 Å². The average molecular weight is 1940 g/mol. The summed E-state index contributed by atoms with van der Waals surface area (Å²) < 4.78 is 51.2. The average Bonchev–Trinajstić information content (AvgIpc) is 0.757. The van der Waals surface area contributed by atoms with Gasteiger partial charge < -0.3 is 109 Å². The number of esters is 5. The predicted octanol–water partition coefficient (Wildman–Crippen LogP) is 13.5. The molecule has 0 aromatic carbocycles. The summed E-state index contributed by atoms with van der Waals surface area (Å²) in [6, 6.07) is 0. The van der Waals surface area contributed by atoms with Gasteiger partial charge in [0.2, 0.25) is 0 Å². The summed E-state index contributed by atoms with van der Waals surface area (Å²) in [4.78, 5) is 82.1. The fraction of sp³-hybridized carbons (Fsp3) is 0.752. The Labute approximate surface area is 819 Å². The maximum absolute atomic E-state index is 12.6. The lowest BCUT2D eigenvalue weighted by Gasteiger charge is -2.43. The van der Waals surface area contributed by atoms with E-state index in [0.717, 1.165) is 73.7 Å². The second-order valence-electron chi connectivity index (χ2n) is 41.7. The van der Waals surface area contributed by atoms with Crippen LogP contribution in [0.15, 0.2) is 119 Å². The number of carbonyl (C=O) groups excluding carboxylic acids is 5. The van der Waals surface area contributed by atoms with Crippen LogP contribution in [0, 0.1) is 107 Å². The van der Waals surface area contributed by atoms with Crippen LogP contribution in [0.25, 0.3) is 0 Å². The lowest BCUT2D eigenvalue weighted by Crippen LogP contribution is -2.43. The summed E-state index contributed by atoms with van der Waals surface area (Å²) in [7, 11) is 6.71. The number of carboxylic acids is 2. The third-order valence-electron chi connectivity index (χ3n) is 31.4. The van der Waals surface area contributed by atoms with E-state index in [1.54, 1.807) is 28.4 Å². The van der Waals surface area contributed by atoms with Crippen LogP contribution in [0.2, 0.25) is 0 Å². The Morgan fingerprint density at radius 1 is 0.348 bits per heavy atom. The maximum atomic E-state index is 12.6. The Morgan fingerprint density at radius 3 is 0.884 bits per heavy atom. The second-order valence-corrected chi connectivity index (χ2v) is 41.7. The quantitative estimate of drug-likeness (QED) is 0.0201. The van der Waals surface area contributed by atoms with Crippen molar-refractivity contribution in [3.05, 3.63) is 119 Å². The van der Waals surface area contributed by atoms with Gasteiger partial charge in [0.05, 0.1) is 135 Å². The number of hydrogen-bond acceptors (Lipinski definition) is 27. The molecule has 0 aromatic heterocycles. The maximum Gasteiger partial charge on any atom is 0.308 e. The standard InChI is InChI=1S/C24H38O7.C24H36O6.C23H38O5.C19H30O6.C19H28O5/c1-5-14(2)24(29)31-21-13-19(30-4)10-16-7-6-15(3)20(23(16)21)9-8-17(25)11-18(26)12-22(27)28;1-5-14(2)24(27)30-21-13-19(28-4)10-16-7-6-15(3)20(23(16)21)9-8-18-11-17(25)12-22(26)29-18;1-5-14(3)23(27)28-21-13-19(26)11-16-8-7-15(4)20(22(16)21)10-9-18(25)12-17(24)6-2;1-11-3-4-12-7-14(21)9-17(25-2)19(12)16(11)6-5-13(20)8-15(22)10-18(23)24;1-11-3-4-12-7-13(20)9-17(23-2)19(12)16(11)6-5-15-8-14(21)10-18(22)24-15/h6-7,10,14-15,17-21,23,25-26H,5,8-9,11-13H2,1-4H3,(H,27,28);6-7,10,14-15,17-21,23,25H,5,8-9,11-13H2,1-4H3;7-8,11,14-15,17-22,24-26H,5-6,9-10,12-13H2,1-4H3;3-4,7,11,13-17,19-22H,5-6,8-10H2,1-2H3,(H,23,24);3-4,7,11,13-17,19-21H,5-6,8-10H2,1-2H3/t2*14-,15-,17+,18+,19+,20-,21-,23-;14-,15-,17-,18-,19+,20-,21-,22-;11-,13+,14+,15+,16-,17-,19?;11-,13+,14+,15+,16-,17-,19-/m00000/s1. The lowest BCUT2D eigenvalue weighted by atomic mass is 9.66. The van der Waals surface area contributed by atoms with Crippen LogP contribution in [0.5, 0.6) is 0 Å². The van der Waals surface area contributed by atoms with Crippen molar-refractivity contribution >= 4 is 41.8 Å². The molecule has 38 atom stereocenters. The van der Waals surface area contributed by atoms with E-state index in [1.165, 1.54) is 5.57 Å². The zero-order valence-corrected chi connectivity index (χ0v) is 84.7. The molecule has 0 radical (unpaired) electrons. The Morgan fingerprint density at radius 2 is 0.616 bits per heavy atom.